The van der Waals surface area contributed by atoms with Crippen LogP contribution in [-0.4, -0.2) is 31.6 Å². The SMILES string of the molecule is COC(=O)c1ccc(C2CN(C)Cc3c(Cl)cc(Cl)cc32)cc1. The summed E-state index contributed by atoms with van der Waals surface area (Å²) < 4.78 is 4.74. The number of rotatable bonds is 2. The molecule has 0 amide bonds. The number of carbonyl (C=O) groups is 1. The number of benzene rings is 2. The Labute approximate surface area is 145 Å². The highest BCUT2D eigenvalue weighted by molar-refractivity contribution is 6.35. The topological polar surface area (TPSA) is 29.5 Å². The van der Waals surface area contributed by atoms with Crippen LogP contribution in [0.4, 0.5) is 0 Å². The summed E-state index contributed by atoms with van der Waals surface area (Å²) in [4.78, 5) is 13.8. The molecule has 1 unspecified atom stereocenters. The van der Waals surface area contributed by atoms with Crippen molar-refractivity contribution in [2.75, 3.05) is 20.7 Å². The van der Waals surface area contributed by atoms with Crippen molar-refractivity contribution < 1.29 is 9.53 Å². The van der Waals surface area contributed by atoms with E-state index in [1.165, 1.54) is 7.11 Å². The van der Waals surface area contributed by atoms with Crippen molar-refractivity contribution in [3.63, 3.8) is 0 Å². The summed E-state index contributed by atoms with van der Waals surface area (Å²) in [6, 6.07) is 11.3. The minimum Gasteiger partial charge on any atom is -0.465 e. The fourth-order valence-electron chi connectivity index (χ4n) is 3.10. The van der Waals surface area contributed by atoms with Crippen LogP contribution < -0.4 is 0 Å². The molecule has 3 nitrogen and oxygen atoms in total. The van der Waals surface area contributed by atoms with Gasteiger partial charge in [-0.05, 0) is 48.0 Å². The molecule has 2 aromatic rings. The molecule has 0 aromatic heterocycles. The van der Waals surface area contributed by atoms with E-state index >= 15 is 0 Å². The quantitative estimate of drug-likeness (QED) is 0.754. The van der Waals surface area contributed by atoms with Crippen LogP contribution in [0.1, 0.15) is 33.0 Å². The number of esters is 1. The molecule has 2 aromatic carbocycles. The first-order valence-corrected chi connectivity index (χ1v) is 8.10. The Morgan fingerprint density at radius 2 is 1.91 bits per heavy atom. The standard InChI is InChI=1S/C18H17Cl2NO2/c1-21-9-15(11-3-5-12(6-4-11)18(22)23-2)14-7-13(19)8-17(20)16(14)10-21/h3-8,15H,9-10H2,1-2H3. The van der Waals surface area contributed by atoms with Crippen LogP contribution in [0.2, 0.25) is 10.0 Å². The summed E-state index contributed by atoms with van der Waals surface area (Å²) in [7, 11) is 3.45. The molecule has 0 bridgehead atoms. The number of carbonyl (C=O) groups excluding carboxylic acids is 1. The highest BCUT2D eigenvalue weighted by Gasteiger charge is 2.27. The lowest BCUT2D eigenvalue weighted by Gasteiger charge is -2.33. The van der Waals surface area contributed by atoms with Crippen molar-refractivity contribution in [1.82, 2.24) is 4.90 Å². The van der Waals surface area contributed by atoms with Crippen molar-refractivity contribution in [2.45, 2.75) is 12.5 Å². The first kappa shape index (κ1) is 16.3. The molecule has 0 saturated carbocycles. The van der Waals surface area contributed by atoms with Gasteiger partial charge in [0.1, 0.15) is 0 Å². The molecule has 0 aliphatic carbocycles. The van der Waals surface area contributed by atoms with Crippen LogP contribution in [-0.2, 0) is 11.3 Å². The molecule has 3 rings (SSSR count). The van der Waals surface area contributed by atoms with E-state index in [1.807, 2.05) is 18.2 Å². The van der Waals surface area contributed by atoms with E-state index in [0.717, 1.165) is 29.8 Å². The van der Waals surface area contributed by atoms with Crippen molar-refractivity contribution in [3.05, 3.63) is 68.7 Å². The summed E-state index contributed by atoms with van der Waals surface area (Å²) in [6.07, 6.45) is 0. The van der Waals surface area contributed by atoms with Gasteiger partial charge in [-0.2, -0.15) is 0 Å². The van der Waals surface area contributed by atoms with Crippen molar-refractivity contribution in [1.29, 1.82) is 0 Å². The zero-order valence-electron chi connectivity index (χ0n) is 13.0. The van der Waals surface area contributed by atoms with Gasteiger partial charge in [0.25, 0.3) is 0 Å². The molecular weight excluding hydrogens is 333 g/mol. The highest BCUT2D eigenvalue weighted by atomic mass is 35.5. The maximum atomic E-state index is 11.6. The Kier molecular flexibility index (Phi) is 4.62. The van der Waals surface area contributed by atoms with Gasteiger partial charge in [0.05, 0.1) is 12.7 Å². The van der Waals surface area contributed by atoms with Gasteiger partial charge >= 0.3 is 5.97 Å². The normalized spacial score (nSPS) is 17.7. The van der Waals surface area contributed by atoms with E-state index in [2.05, 4.69) is 11.9 Å². The summed E-state index contributed by atoms with van der Waals surface area (Å²) in [5, 5.41) is 1.35. The number of halogens is 2. The lowest BCUT2D eigenvalue weighted by atomic mass is 9.84. The second-order valence-electron chi connectivity index (χ2n) is 5.82. The molecule has 0 N–H and O–H groups in total. The summed E-state index contributed by atoms with van der Waals surface area (Å²) in [6.45, 7) is 1.68. The third kappa shape index (κ3) is 3.23. The fraction of sp³-hybridized carbons (Fsp3) is 0.278. The average molecular weight is 350 g/mol. The van der Waals surface area contributed by atoms with Gasteiger partial charge in [-0.15, -0.1) is 0 Å². The smallest absolute Gasteiger partial charge is 0.337 e. The maximum absolute atomic E-state index is 11.6. The van der Waals surface area contributed by atoms with Gasteiger partial charge < -0.3 is 9.64 Å². The summed E-state index contributed by atoms with van der Waals surface area (Å²) in [5.74, 6) is -0.157. The number of ether oxygens (including phenoxy) is 1. The van der Waals surface area contributed by atoms with Gasteiger partial charge in [-0.3, -0.25) is 0 Å². The number of hydrogen-bond donors (Lipinski definition) is 0. The van der Waals surface area contributed by atoms with Crippen LogP contribution in [0.5, 0.6) is 0 Å². The monoisotopic (exact) mass is 349 g/mol. The van der Waals surface area contributed by atoms with Crippen LogP contribution in [0, 0.1) is 0 Å². The lowest BCUT2D eigenvalue weighted by Crippen LogP contribution is -2.31. The first-order valence-electron chi connectivity index (χ1n) is 7.34. The molecule has 0 spiro atoms. The number of hydrogen-bond acceptors (Lipinski definition) is 3. The molecule has 1 heterocycles. The zero-order chi connectivity index (χ0) is 16.6. The van der Waals surface area contributed by atoms with E-state index in [9.17, 15) is 4.79 Å². The van der Waals surface area contributed by atoms with Gasteiger partial charge in [0.15, 0.2) is 0 Å². The second kappa shape index (κ2) is 6.52. The van der Waals surface area contributed by atoms with Gasteiger partial charge in [-0.1, -0.05) is 35.3 Å². The van der Waals surface area contributed by atoms with Crippen LogP contribution >= 0.6 is 23.2 Å². The molecule has 5 heteroatoms. The summed E-state index contributed by atoms with van der Waals surface area (Å²) in [5.41, 5.74) is 3.95. The zero-order valence-corrected chi connectivity index (χ0v) is 14.5. The lowest BCUT2D eigenvalue weighted by molar-refractivity contribution is 0.0600. The van der Waals surface area contributed by atoms with E-state index in [4.69, 9.17) is 27.9 Å². The van der Waals surface area contributed by atoms with Crippen LogP contribution in [0.25, 0.3) is 0 Å². The molecular formula is C18H17Cl2NO2. The molecule has 120 valence electrons. The molecule has 0 saturated heterocycles. The van der Waals surface area contributed by atoms with Crippen LogP contribution in [0.15, 0.2) is 36.4 Å². The van der Waals surface area contributed by atoms with Crippen molar-refractivity contribution in [2.24, 2.45) is 0 Å². The molecule has 23 heavy (non-hydrogen) atoms. The van der Waals surface area contributed by atoms with E-state index in [1.54, 1.807) is 18.2 Å². The molecule has 1 aliphatic rings. The third-order valence-corrected chi connectivity index (χ3v) is 4.78. The largest absolute Gasteiger partial charge is 0.465 e. The van der Waals surface area contributed by atoms with Crippen molar-refractivity contribution >= 4 is 29.2 Å². The van der Waals surface area contributed by atoms with Gasteiger partial charge in [0.2, 0.25) is 0 Å². The van der Waals surface area contributed by atoms with E-state index in [0.29, 0.717) is 15.6 Å². The Morgan fingerprint density at radius 1 is 1.22 bits per heavy atom. The minimum absolute atomic E-state index is 0.173. The molecule has 1 atom stereocenters. The number of methoxy groups -OCH3 is 1. The predicted molar refractivity (Wildman–Crippen MR) is 92.4 cm³/mol. The molecule has 0 radical (unpaired) electrons. The Balaban J connectivity index is 2.02. The Bertz CT molecular complexity index is 743. The Hall–Kier alpha value is -1.55. The highest BCUT2D eigenvalue weighted by Crippen LogP contribution is 2.38. The van der Waals surface area contributed by atoms with Gasteiger partial charge in [-0.25, -0.2) is 4.79 Å². The van der Waals surface area contributed by atoms with E-state index in [-0.39, 0.29) is 11.9 Å². The van der Waals surface area contributed by atoms with Gasteiger partial charge in [0, 0.05) is 29.1 Å². The number of likely N-dealkylation sites (N-methyl/N-ethyl adjacent to an activating group) is 1. The minimum atomic E-state index is -0.330. The maximum Gasteiger partial charge on any atom is 0.337 e. The molecule has 0 fully saturated rings. The Morgan fingerprint density at radius 3 is 2.57 bits per heavy atom. The number of fused-ring (bicyclic) bond motifs is 1. The number of nitrogens with zero attached hydrogens (tertiary/aromatic N) is 1. The molecule has 1 aliphatic heterocycles. The second-order valence-corrected chi connectivity index (χ2v) is 6.66. The fourth-order valence-corrected chi connectivity index (χ4v) is 3.67. The van der Waals surface area contributed by atoms with Crippen molar-refractivity contribution in [3.8, 4) is 0 Å². The van der Waals surface area contributed by atoms with Crippen LogP contribution in [0.3, 0.4) is 0 Å². The first-order chi connectivity index (χ1) is 11.0. The average Bonchev–Trinajstić information content (AvgIpc) is 2.54. The predicted octanol–water partition coefficient (Wildman–Crippen LogP) is 4.36. The third-order valence-electron chi connectivity index (χ3n) is 4.23. The summed E-state index contributed by atoms with van der Waals surface area (Å²) >= 11 is 12.6. The van der Waals surface area contributed by atoms with E-state index < -0.39 is 0 Å².